The van der Waals surface area contributed by atoms with Crippen molar-refractivity contribution in [1.29, 1.82) is 0 Å². The van der Waals surface area contributed by atoms with Crippen LogP contribution in [0.15, 0.2) is 35.9 Å². The van der Waals surface area contributed by atoms with E-state index in [4.69, 9.17) is 0 Å². The number of hydrogen-bond acceptors (Lipinski definition) is 2. The first kappa shape index (κ1) is 19.8. The van der Waals surface area contributed by atoms with Gasteiger partial charge in [-0.1, -0.05) is 50.3 Å². The van der Waals surface area contributed by atoms with Gasteiger partial charge in [0.2, 0.25) is 0 Å². The van der Waals surface area contributed by atoms with Crippen LogP contribution in [0, 0.1) is 34.5 Å². The van der Waals surface area contributed by atoms with Crippen LogP contribution in [0.5, 0.6) is 0 Å². The SMILES string of the molecule is CC12CC(=Cc3ccccc3)C(O)CC1CCC1C2CCC2(C)C1CCC2(C)O. The molecular weight excluding hydrogens is 356 g/mol. The first-order valence-electron chi connectivity index (χ1n) is 11.9. The van der Waals surface area contributed by atoms with Crippen molar-refractivity contribution in [2.45, 2.75) is 83.8 Å². The molecule has 0 spiro atoms. The largest absolute Gasteiger partial charge is 0.390 e. The van der Waals surface area contributed by atoms with Gasteiger partial charge >= 0.3 is 0 Å². The van der Waals surface area contributed by atoms with Crippen molar-refractivity contribution < 1.29 is 10.2 Å². The molecule has 2 heteroatoms. The third kappa shape index (κ3) is 2.89. The van der Waals surface area contributed by atoms with Crippen LogP contribution in [0.2, 0.25) is 0 Å². The summed E-state index contributed by atoms with van der Waals surface area (Å²) in [5.41, 5.74) is 2.33. The molecule has 1 aromatic carbocycles. The Bertz CT molecular complexity index is 796. The standard InChI is InChI=1S/C27H38O2/c1-25-17-19(15-18-7-5-4-6-8-18)24(28)16-20(25)9-10-21-22(25)11-13-26(2)23(21)12-14-27(26,3)29/h4-8,15,20-24,28-29H,9-14,16-17H2,1-3H3. The van der Waals surface area contributed by atoms with Crippen molar-refractivity contribution in [3.63, 3.8) is 0 Å². The Morgan fingerprint density at radius 1 is 0.931 bits per heavy atom. The zero-order chi connectivity index (χ0) is 20.4. The molecule has 0 amide bonds. The van der Waals surface area contributed by atoms with Crippen molar-refractivity contribution in [2.75, 3.05) is 0 Å². The van der Waals surface area contributed by atoms with Crippen molar-refractivity contribution in [2.24, 2.45) is 34.5 Å². The molecule has 29 heavy (non-hydrogen) atoms. The van der Waals surface area contributed by atoms with Crippen LogP contribution < -0.4 is 0 Å². The molecule has 0 saturated heterocycles. The van der Waals surface area contributed by atoms with Gasteiger partial charge in [0.25, 0.3) is 0 Å². The average molecular weight is 395 g/mol. The molecule has 158 valence electrons. The van der Waals surface area contributed by atoms with E-state index < -0.39 is 5.60 Å². The Morgan fingerprint density at radius 2 is 1.66 bits per heavy atom. The van der Waals surface area contributed by atoms with Gasteiger partial charge in [0.1, 0.15) is 0 Å². The molecule has 2 nitrogen and oxygen atoms in total. The zero-order valence-electron chi connectivity index (χ0n) is 18.4. The maximum absolute atomic E-state index is 11.1. The molecule has 0 aromatic heterocycles. The van der Waals surface area contributed by atoms with Gasteiger partial charge < -0.3 is 10.2 Å². The number of hydrogen-bond donors (Lipinski definition) is 2. The van der Waals surface area contributed by atoms with Crippen molar-refractivity contribution in [3.05, 3.63) is 41.5 Å². The van der Waals surface area contributed by atoms with Crippen molar-refractivity contribution in [1.82, 2.24) is 0 Å². The predicted octanol–water partition coefficient (Wildman–Crippen LogP) is 5.83. The van der Waals surface area contributed by atoms with E-state index >= 15 is 0 Å². The molecule has 0 bridgehead atoms. The molecule has 0 heterocycles. The Labute approximate surface area is 176 Å². The quantitative estimate of drug-likeness (QED) is 0.629. The first-order chi connectivity index (χ1) is 13.7. The molecule has 4 fully saturated rings. The van der Waals surface area contributed by atoms with Gasteiger partial charge in [-0.2, -0.15) is 0 Å². The maximum Gasteiger partial charge on any atom is 0.0756 e. The lowest BCUT2D eigenvalue weighted by Gasteiger charge is -2.61. The minimum absolute atomic E-state index is 0.0915. The van der Waals surface area contributed by atoms with Crippen LogP contribution >= 0.6 is 0 Å². The molecule has 0 aliphatic heterocycles. The fourth-order valence-electron chi connectivity index (χ4n) is 8.33. The van der Waals surface area contributed by atoms with Gasteiger partial charge in [-0.25, -0.2) is 0 Å². The third-order valence-electron chi connectivity index (χ3n) is 10.3. The van der Waals surface area contributed by atoms with Crippen molar-refractivity contribution in [3.8, 4) is 0 Å². The highest BCUT2D eigenvalue weighted by molar-refractivity contribution is 5.54. The van der Waals surface area contributed by atoms with Crippen LogP contribution in [0.4, 0.5) is 0 Å². The first-order valence-corrected chi connectivity index (χ1v) is 11.9. The number of aliphatic hydroxyl groups is 2. The number of benzene rings is 1. The highest BCUT2D eigenvalue weighted by atomic mass is 16.3. The van der Waals surface area contributed by atoms with Crippen LogP contribution in [-0.4, -0.2) is 21.9 Å². The van der Waals surface area contributed by atoms with E-state index in [1.165, 1.54) is 36.8 Å². The molecule has 4 saturated carbocycles. The Hall–Kier alpha value is -1.12. The van der Waals surface area contributed by atoms with Crippen LogP contribution in [0.25, 0.3) is 6.08 Å². The van der Waals surface area contributed by atoms with E-state index in [1.54, 1.807) is 0 Å². The fraction of sp³-hybridized carbons (Fsp3) is 0.704. The van der Waals surface area contributed by atoms with E-state index in [0.29, 0.717) is 17.3 Å². The minimum atomic E-state index is -0.498. The van der Waals surface area contributed by atoms with E-state index in [0.717, 1.165) is 37.5 Å². The Kier molecular flexibility index (Phi) is 4.57. The normalized spacial score (nSPS) is 50.7. The predicted molar refractivity (Wildman–Crippen MR) is 118 cm³/mol. The summed E-state index contributed by atoms with van der Waals surface area (Å²) < 4.78 is 0. The highest BCUT2D eigenvalue weighted by Gasteiger charge is 2.63. The summed E-state index contributed by atoms with van der Waals surface area (Å²) in [6, 6.07) is 10.5. The second kappa shape index (κ2) is 6.69. The van der Waals surface area contributed by atoms with Crippen LogP contribution in [0.1, 0.15) is 77.7 Å². The Balaban J connectivity index is 1.46. The summed E-state index contributed by atoms with van der Waals surface area (Å²) in [7, 11) is 0. The second-order valence-corrected chi connectivity index (χ2v) is 11.5. The van der Waals surface area contributed by atoms with Crippen LogP contribution in [0.3, 0.4) is 0 Å². The molecule has 8 atom stereocenters. The molecule has 0 radical (unpaired) electrons. The number of rotatable bonds is 1. The smallest absolute Gasteiger partial charge is 0.0756 e. The number of fused-ring (bicyclic) bond motifs is 5. The highest BCUT2D eigenvalue weighted by Crippen LogP contribution is 2.68. The van der Waals surface area contributed by atoms with Gasteiger partial charge in [-0.15, -0.1) is 0 Å². The molecular formula is C27H38O2. The monoisotopic (exact) mass is 394 g/mol. The van der Waals surface area contributed by atoms with Gasteiger partial charge in [0.15, 0.2) is 0 Å². The van der Waals surface area contributed by atoms with E-state index in [2.05, 4.69) is 57.2 Å². The summed E-state index contributed by atoms with van der Waals surface area (Å²) in [5.74, 6) is 2.79. The summed E-state index contributed by atoms with van der Waals surface area (Å²) in [5, 5.41) is 22.1. The lowest BCUT2D eigenvalue weighted by molar-refractivity contribution is -0.146. The summed E-state index contributed by atoms with van der Waals surface area (Å²) in [6.45, 7) is 7.01. The van der Waals surface area contributed by atoms with Crippen molar-refractivity contribution >= 4 is 6.08 Å². The molecule has 4 aliphatic rings. The molecule has 1 aromatic rings. The van der Waals surface area contributed by atoms with Gasteiger partial charge in [0.05, 0.1) is 11.7 Å². The lowest BCUT2D eigenvalue weighted by atomic mass is 9.44. The summed E-state index contributed by atoms with van der Waals surface area (Å²) >= 11 is 0. The molecule has 5 rings (SSSR count). The number of aliphatic hydroxyl groups excluding tert-OH is 1. The average Bonchev–Trinajstić information content (AvgIpc) is 2.93. The Morgan fingerprint density at radius 3 is 2.41 bits per heavy atom. The third-order valence-corrected chi connectivity index (χ3v) is 10.3. The van der Waals surface area contributed by atoms with Crippen LogP contribution in [-0.2, 0) is 0 Å². The second-order valence-electron chi connectivity index (χ2n) is 11.5. The maximum atomic E-state index is 11.1. The summed E-state index contributed by atoms with van der Waals surface area (Å²) in [6.07, 6.45) is 11.1. The zero-order valence-corrected chi connectivity index (χ0v) is 18.4. The fourth-order valence-corrected chi connectivity index (χ4v) is 8.33. The summed E-state index contributed by atoms with van der Waals surface area (Å²) in [4.78, 5) is 0. The molecule has 2 N–H and O–H groups in total. The topological polar surface area (TPSA) is 40.5 Å². The molecule has 4 aliphatic carbocycles. The van der Waals surface area contributed by atoms with E-state index in [9.17, 15) is 10.2 Å². The van der Waals surface area contributed by atoms with Gasteiger partial charge in [-0.05, 0) is 104 Å². The van der Waals surface area contributed by atoms with Gasteiger partial charge in [-0.3, -0.25) is 0 Å². The van der Waals surface area contributed by atoms with E-state index in [-0.39, 0.29) is 11.5 Å². The minimum Gasteiger partial charge on any atom is -0.390 e. The lowest BCUT2D eigenvalue weighted by Crippen LogP contribution is -2.56. The molecule has 8 unspecified atom stereocenters. The van der Waals surface area contributed by atoms with E-state index in [1.807, 2.05) is 0 Å². The van der Waals surface area contributed by atoms with Gasteiger partial charge in [0, 0.05) is 0 Å².